The third-order valence-electron chi connectivity index (χ3n) is 6.84. The molecule has 29 heavy (non-hydrogen) atoms. The molecule has 1 amide bonds. The fraction of sp³-hybridized carbons (Fsp3) is 0.542. The number of carbonyl (C=O) groups is 1. The number of rotatable bonds is 4. The summed E-state index contributed by atoms with van der Waals surface area (Å²) >= 11 is 0. The summed E-state index contributed by atoms with van der Waals surface area (Å²) < 4.78 is 0. The van der Waals surface area contributed by atoms with E-state index in [4.69, 9.17) is 0 Å². The smallest absolute Gasteiger partial charge is 0.222 e. The van der Waals surface area contributed by atoms with Gasteiger partial charge in [-0.3, -0.25) is 14.8 Å². The molecule has 0 saturated carbocycles. The van der Waals surface area contributed by atoms with Crippen molar-refractivity contribution < 1.29 is 4.79 Å². The molecule has 0 radical (unpaired) electrons. The maximum absolute atomic E-state index is 13.1. The highest BCUT2D eigenvalue weighted by Gasteiger charge is 2.32. The predicted molar refractivity (Wildman–Crippen MR) is 116 cm³/mol. The summed E-state index contributed by atoms with van der Waals surface area (Å²) in [7, 11) is 2.15. The van der Waals surface area contributed by atoms with E-state index < -0.39 is 0 Å². The van der Waals surface area contributed by atoms with Gasteiger partial charge in [-0.25, -0.2) is 0 Å². The molecule has 1 aromatic heterocycles. The zero-order chi connectivity index (χ0) is 20.0. The van der Waals surface area contributed by atoms with E-state index >= 15 is 0 Å². The summed E-state index contributed by atoms with van der Waals surface area (Å²) in [6.45, 7) is 7.01. The summed E-state index contributed by atoms with van der Waals surface area (Å²) in [5, 5.41) is 1.23. The number of nitrogens with zero attached hydrogens (tertiary/aromatic N) is 4. The molecule has 3 aliphatic heterocycles. The van der Waals surface area contributed by atoms with Crippen LogP contribution in [0.5, 0.6) is 0 Å². The van der Waals surface area contributed by atoms with Crippen molar-refractivity contribution in [2.75, 3.05) is 39.8 Å². The molecule has 4 heterocycles. The standard InChI is InChI=1S/C24H30N4O/c1-16-10-18(15-28(13-16)23(29)11-17-7-9-27(2)14-17)19-5-6-21(22-12-26-22)24-20(19)4-3-8-25-24/h3-6,8,16-18H,7,9-15H2,1-2H3/t16-,17?,18+/m1/s1. The first-order valence-electron chi connectivity index (χ1n) is 11.0. The van der Waals surface area contributed by atoms with Gasteiger partial charge in [-0.1, -0.05) is 25.1 Å². The summed E-state index contributed by atoms with van der Waals surface area (Å²) in [5.74, 6) is 1.75. The summed E-state index contributed by atoms with van der Waals surface area (Å²) in [4.78, 5) is 26.6. The maximum Gasteiger partial charge on any atom is 0.222 e. The van der Waals surface area contributed by atoms with Crippen LogP contribution in [0.2, 0.25) is 0 Å². The van der Waals surface area contributed by atoms with Crippen molar-refractivity contribution in [2.24, 2.45) is 16.8 Å². The van der Waals surface area contributed by atoms with Crippen molar-refractivity contribution in [1.29, 1.82) is 0 Å². The van der Waals surface area contributed by atoms with Crippen LogP contribution in [0.4, 0.5) is 0 Å². The van der Waals surface area contributed by atoms with Gasteiger partial charge >= 0.3 is 0 Å². The van der Waals surface area contributed by atoms with Gasteiger partial charge in [-0.05, 0) is 49.9 Å². The van der Waals surface area contributed by atoms with Crippen molar-refractivity contribution >= 4 is 22.5 Å². The quantitative estimate of drug-likeness (QED) is 0.805. The van der Waals surface area contributed by atoms with Gasteiger partial charge in [0.15, 0.2) is 0 Å². The van der Waals surface area contributed by atoms with E-state index in [1.165, 1.54) is 16.5 Å². The Labute approximate surface area is 172 Å². The second kappa shape index (κ2) is 7.52. The van der Waals surface area contributed by atoms with Gasteiger partial charge in [0, 0.05) is 49.1 Å². The normalized spacial score (nSPS) is 27.3. The molecule has 0 aliphatic carbocycles. The second-order valence-corrected chi connectivity index (χ2v) is 9.32. The molecule has 0 N–H and O–H groups in total. The number of likely N-dealkylation sites (tertiary alicyclic amines) is 2. The number of piperidine rings is 1. The Balaban J connectivity index is 1.39. The first kappa shape index (κ1) is 18.7. The largest absolute Gasteiger partial charge is 0.342 e. The van der Waals surface area contributed by atoms with E-state index in [2.05, 4.69) is 51.9 Å². The minimum Gasteiger partial charge on any atom is -0.342 e. The molecular weight excluding hydrogens is 360 g/mol. The van der Waals surface area contributed by atoms with E-state index in [9.17, 15) is 4.79 Å². The molecule has 5 nitrogen and oxygen atoms in total. The minimum atomic E-state index is 0.341. The van der Waals surface area contributed by atoms with E-state index in [1.807, 2.05) is 12.3 Å². The predicted octanol–water partition coefficient (Wildman–Crippen LogP) is 3.33. The third kappa shape index (κ3) is 3.80. The molecule has 0 spiro atoms. The first-order valence-corrected chi connectivity index (χ1v) is 11.0. The average Bonchev–Trinajstić information content (AvgIpc) is 3.48. The number of aromatic nitrogens is 1. The van der Waals surface area contributed by atoms with E-state index in [0.29, 0.717) is 30.1 Å². The lowest BCUT2D eigenvalue weighted by Gasteiger charge is -2.37. The minimum absolute atomic E-state index is 0.341. The van der Waals surface area contributed by atoms with Crippen LogP contribution in [0.1, 0.15) is 43.2 Å². The van der Waals surface area contributed by atoms with Crippen LogP contribution in [-0.2, 0) is 4.79 Å². The highest BCUT2D eigenvalue weighted by molar-refractivity contribution is 6.17. The topological polar surface area (TPSA) is 48.8 Å². The number of fused-ring (bicyclic) bond motifs is 1. The van der Waals surface area contributed by atoms with Gasteiger partial charge in [0.1, 0.15) is 0 Å². The average molecular weight is 391 g/mol. The van der Waals surface area contributed by atoms with Gasteiger partial charge in [-0.15, -0.1) is 0 Å². The van der Waals surface area contributed by atoms with Crippen LogP contribution in [-0.4, -0.2) is 66.2 Å². The van der Waals surface area contributed by atoms with Gasteiger partial charge < -0.3 is 9.80 Å². The Morgan fingerprint density at radius 1 is 1.21 bits per heavy atom. The van der Waals surface area contributed by atoms with Crippen molar-refractivity contribution in [1.82, 2.24) is 14.8 Å². The molecule has 5 heteroatoms. The molecule has 2 fully saturated rings. The molecule has 2 aromatic rings. The second-order valence-electron chi connectivity index (χ2n) is 9.32. The van der Waals surface area contributed by atoms with Crippen molar-refractivity contribution in [2.45, 2.75) is 32.1 Å². The van der Waals surface area contributed by atoms with Crippen LogP contribution in [0, 0.1) is 11.8 Å². The molecular formula is C24H30N4O. The van der Waals surface area contributed by atoms with Gasteiger partial charge in [0.2, 0.25) is 5.91 Å². The van der Waals surface area contributed by atoms with Crippen LogP contribution in [0.3, 0.4) is 0 Å². The number of pyridine rings is 1. The Hall–Kier alpha value is -2.27. The van der Waals surface area contributed by atoms with Crippen molar-refractivity contribution in [3.05, 3.63) is 41.6 Å². The van der Waals surface area contributed by atoms with Gasteiger partial charge in [0.25, 0.3) is 0 Å². The Bertz CT molecular complexity index is 969. The number of hydrogen-bond acceptors (Lipinski definition) is 4. The van der Waals surface area contributed by atoms with Crippen molar-refractivity contribution in [3.63, 3.8) is 0 Å². The zero-order valence-electron chi connectivity index (χ0n) is 17.5. The molecule has 3 aliphatic rings. The number of aliphatic imine (C=N–C) groups is 1. The van der Waals surface area contributed by atoms with Crippen molar-refractivity contribution in [3.8, 4) is 0 Å². The number of amides is 1. The fourth-order valence-electron chi connectivity index (χ4n) is 5.34. The summed E-state index contributed by atoms with van der Waals surface area (Å²) in [6.07, 6.45) is 4.85. The monoisotopic (exact) mass is 390 g/mol. The highest BCUT2D eigenvalue weighted by atomic mass is 16.2. The molecule has 1 aromatic carbocycles. The summed E-state index contributed by atoms with van der Waals surface area (Å²) in [5.41, 5.74) is 4.73. The molecule has 1 unspecified atom stereocenters. The first-order chi connectivity index (χ1) is 14.1. The highest BCUT2D eigenvalue weighted by Crippen LogP contribution is 2.36. The van der Waals surface area contributed by atoms with Crippen LogP contribution in [0.25, 0.3) is 10.9 Å². The molecule has 0 bridgehead atoms. The molecule has 5 rings (SSSR count). The maximum atomic E-state index is 13.1. The third-order valence-corrected chi connectivity index (χ3v) is 6.84. The van der Waals surface area contributed by atoms with E-state index in [-0.39, 0.29) is 0 Å². The molecule has 2 saturated heterocycles. The lowest BCUT2D eigenvalue weighted by molar-refractivity contribution is -0.134. The molecule has 152 valence electrons. The fourth-order valence-corrected chi connectivity index (χ4v) is 5.34. The van der Waals surface area contributed by atoms with Crippen LogP contribution < -0.4 is 0 Å². The zero-order valence-corrected chi connectivity index (χ0v) is 17.5. The number of carbonyl (C=O) groups excluding carboxylic acids is 1. The van der Waals surface area contributed by atoms with Gasteiger partial charge in [-0.2, -0.15) is 0 Å². The Morgan fingerprint density at radius 3 is 2.83 bits per heavy atom. The van der Waals surface area contributed by atoms with Crippen LogP contribution >= 0.6 is 0 Å². The number of hydrogen-bond donors (Lipinski definition) is 0. The lowest BCUT2D eigenvalue weighted by Crippen LogP contribution is -2.43. The summed E-state index contributed by atoms with van der Waals surface area (Å²) in [6, 6.07) is 8.66. The SMILES string of the molecule is C[C@@H]1C[C@H](c2ccc(C3=NC3)c3ncccc23)CN(C(=O)CC2CCN(C)C2)C1. The number of benzene rings is 1. The lowest BCUT2D eigenvalue weighted by atomic mass is 9.83. The Morgan fingerprint density at radius 2 is 2.07 bits per heavy atom. The molecule has 3 atom stereocenters. The Kier molecular flexibility index (Phi) is 4.86. The van der Waals surface area contributed by atoms with Gasteiger partial charge in [0.05, 0.1) is 17.8 Å². The van der Waals surface area contributed by atoms with E-state index in [1.54, 1.807) is 0 Å². The van der Waals surface area contributed by atoms with E-state index in [0.717, 1.165) is 56.8 Å². The van der Waals surface area contributed by atoms with Crippen LogP contribution in [0.15, 0.2) is 35.5 Å².